The minimum Gasteiger partial charge on any atom is -0.368 e. The van der Waals surface area contributed by atoms with Crippen molar-refractivity contribution in [3.63, 3.8) is 0 Å². The molecule has 1 aliphatic heterocycles. The molecule has 1 aromatic heterocycles. The van der Waals surface area contributed by atoms with E-state index in [1.807, 2.05) is 26.0 Å². The van der Waals surface area contributed by atoms with Crippen molar-refractivity contribution in [2.75, 3.05) is 23.3 Å². The van der Waals surface area contributed by atoms with Gasteiger partial charge in [-0.1, -0.05) is 0 Å². The van der Waals surface area contributed by atoms with Crippen LogP contribution in [-0.4, -0.2) is 27.9 Å². The second-order valence-electron chi connectivity index (χ2n) is 7.35. The van der Waals surface area contributed by atoms with Gasteiger partial charge >= 0.3 is 0 Å². The number of nitrogens with zero attached hydrogens (tertiary/aromatic N) is 5. The van der Waals surface area contributed by atoms with Crippen LogP contribution in [0.2, 0.25) is 0 Å². The first-order valence-corrected chi connectivity index (χ1v) is 8.77. The maximum atomic E-state index is 13.4. The van der Waals surface area contributed by atoms with Crippen LogP contribution >= 0.6 is 0 Å². The number of nitrogens with one attached hydrogen (secondary N) is 1. The zero-order valence-corrected chi connectivity index (χ0v) is 15.4. The van der Waals surface area contributed by atoms with Crippen molar-refractivity contribution >= 4 is 17.3 Å². The lowest BCUT2D eigenvalue weighted by Gasteiger charge is -2.45. The number of aromatic nitrogens is 3. The zero-order valence-electron chi connectivity index (χ0n) is 15.4. The van der Waals surface area contributed by atoms with E-state index in [1.165, 1.54) is 23.1 Å². The molecule has 142 valence electrons. The molecular weight excluding hydrogens is 362 g/mol. The average Bonchev–Trinajstić information content (AvgIpc) is 3.06. The molecule has 1 saturated heterocycles. The summed E-state index contributed by atoms with van der Waals surface area (Å²) in [6.07, 6.45) is 1.39. The number of anilines is 3. The van der Waals surface area contributed by atoms with E-state index in [0.29, 0.717) is 19.0 Å². The second-order valence-corrected chi connectivity index (χ2v) is 7.35. The molecule has 0 amide bonds. The van der Waals surface area contributed by atoms with Crippen molar-refractivity contribution in [3.05, 3.63) is 59.9 Å². The van der Waals surface area contributed by atoms with Crippen molar-refractivity contribution < 1.29 is 8.78 Å². The second kappa shape index (κ2) is 6.60. The summed E-state index contributed by atoms with van der Waals surface area (Å²) in [5.41, 5.74) is 2.81. The third-order valence-corrected chi connectivity index (χ3v) is 4.64. The van der Waals surface area contributed by atoms with Gasteiger partial charge in [-0.3, -0.25) is 0 Å². The van der Waals surface area contributed by atoms with E-state index in [9.17, 15) is 14.0 Å². The minimum atomic E-state index is -0.678. The van der Waals surface area contributed by atoms with Gasteiger partial charge < -0.3 is 10.2 Å². The van der Waals surface area contributed by atoms with E-state index < -0.39 is 11.6 Å². The Labute approximate surface area is 161 Å². The van der Waals surface area contributed by atoms with Gasteiger partial charge in [0.05, 0.1) is 17.2 Å². The highest BCUT2D eigenvalue weighted by Gasteiger charge is 2.39. The molecule has 0 unspecified atom stereocenters. The molecule has 3 aromatic rings. The predicted molar refractivity (Wildman–Crippen MR) is 102 cm³/mol. The number of nitriles is 1. The molecule has 1 aliphatic rings. The fourth-order valence-electron chi connectivity index (χ4n) is 3.31. The van der Waals surface area contributed by atoms with Crippen molar-refractivity contribution in [1.29, 1.82) is 5.26 Å². The van der Waals surface area contributed by atoms with E-state index in [4.69, 9.17) is 0 Å². The van der Waals surface area contributed by atoms with Gasteiger partial charge in [0.2, 0.25) is 5.95 Å². The molecule has 0 saturated carbocycles. The van der Waals surface area contributed by atoms with Gasteiger partial charge in [-0.2, -0.15) is 10.2 Å². The largest absolute Gasteiger partial charge is 0.368 e. The van der Waals surface area contributed by atoms with Gasteiger partial charge in [0.1, 0.15) is 18.0 Å². The number of aryl methyl sites for hydroxylation is 1. The van der Waals surface area contributed by atoms with Crippen molar-refractivity contribution in [2.45, 2.75) is 13.8 Å². The van der Waals surface area contributed by atoms with Gasteiger partial charge in [-0.15, -0.1) is 5.10 Å². The number of hydrogen-bond donors (Lipinski definition) is 1. The normalized spacial score (nSPS) is 15.0. The van der Waals surface area contributed by atoms with Crippen molar-refractivity contribution in [3.8, 4) is 11.8 Å². The van der Waals surface area contributed by atoms with E-state index in [-0.39, 0.29) is 11.1 Å². The molecule has 0 atom stereocenters. The highest BCUT2D eigenvalue weighted by molar-refractivity contribution is 5.65. The quantitative estimate of drug-likeness (QED) is 0.742. The maximum Gasteiger partial charge on any atom is 0.246 e. The Morgan fingerprint density at radius 3 is 2.46 bits per heavy atom. The molecule has 1 fully saturated rings. The van der Waals surface area contributed by atoms with Crippen LogP contribution in [-0.2, 0) is 0 Å². The highest BCUT2D eigenvalue weighted by atomic mass is 19.1. The SMILES string of the molecule is Cc1cc(Nc2ncn(-c3cc(F)cc(F)c3)n2)cc(N2CC(C)(C#N)C2)c1. The third-order valence-electron chi connectivity index (χ3n) is 4.64. The Morgan fingerprint density at radius 1 is 1.07 bits per heavy atom. The Kier molecular flexibility index (Phi) is 4.23. The molecular formula is C20H18F2N6. The number of halogens is 2. The summed E-state index contributed by atoms with van der Waals surface area (Å²) in [5.74, 6) is -1.05. The summed E-state index contributed by atoms with van der Waals surface area (Å²) in [6, 6.07) is 11.5. The first-order valence-electron chi connectivity index (χ1n) is 8.77. The van der Waals surface area contributed by atoms with E-state index >= 15 is 0 Å². The van der Waals surface area contributed by atoms with Crippen LogP contribution in [0.5, 0.6) is 0 Å². The van der Waals surface area contributed by atoms with Crippen LogP contribution in [0.1, 0.15) is 12.5 Å². The van der Waals surface area contributed by atoms with Crippen LogP contribution in [0.4, 0.5) is 26.1 Å². The lowest BCUT2D eigenvalue weighted by atomic mass is 9.83. The van der Waals surface area contributed by atoms with E-state index in [0.717, 1.165) is 23.0 Å². The van der Waals surface area contributed by atoms with Gasteiger partial charge in [0, 0.05) is 30.5 Å². The van der Waals surface area contributed by atoms with E-state index in [2.05, 4.69) is 32.4 Å². The fraction of sp³-hybridized carbons (Fsp3) is 0.250. The standard InChI is InChI=1S/C20H18F2N6/c1-13-3-16(8-17(4-13)27-10-20(2,9-23)11-27)25-19-24-12-28(26-19)18-6-14(21)5-15(22)7-18/h3-8,12H,10-11H2,1-2H3,(H,25,26). The summed E-state index contributed by atoms with van der Waals surface area (Å²) in [5, 5.41) is 16.5. The number of rotatable bonds is 4. The van der Waals surface area contributed by atoms with Gasteiger partial charge in [0.25, 0.3) is 0 Å². The molecule has 28 heavy (non-hydrogen) atoms. The molecule has 8 heteroatoms. The monoisotopic (exact) mass is 380 g/mol. The van der Waals surface area contributed by atoms with Crippen LogP contribution in [0, 0.1) is 35.3 Å². The molecule has 0 aliphatic carbocycles. The summed E-state index contributed by atoms with van der Waals surface area (Å²) < 4.78 is 28.1. The lowest BCUT2D eigenvalue weighted by Crippen LogP contribution is -2.54. The van der Waals surface area contributed by atoms with Gasteiger partial charge in [-0.25, -0.2) is 13.5 Å². The third kappa shape index (κ3) is 3.51. The van der Waals surface area contributed by atoms with Crippen LogP contribution < -0.4 is 10.2 Å². The average molecular weight is 380 g/mol. The molecule has 0 radical (unpaired) electrons. The van der Waals surface area contributed by atoms with Crippen molar-refractivity contribution in [1.82, 2.24) is 14.8 Å². The van der Waals surface area contributed by atoms with Gasteiger partial charge in [0.15, 0.2) is 0 Å². The molecule has 2 aromatic carbocycles. The molecule has 4 rings (SSSR count). The topological polar surface area (TPSA) is 69.8 Å². The summed E-state index contributed by atoms with van der Waals surface area (Å²) in [4.78, 5) is 6.30. The molecule has 0 bridgehead atoms. The predicted octanol–water partition coefficient (Wildman–Crippen LogP) is 3.95. The summed E-state index contributed by atoms with van der Waals surface area (Å²) >= 11 is 0. The fourth-order valence-corrected chi connectivity index (χ4v) is 3.31. The lowest BCUT2D eigenvalue weighted by molar-refractivity contribution is 0.337. The number of benzene rings is 2. The maximum absolute atomic E-state index is 13.4. The first-order chi connectivity index (χ1) is 13.3. The molecule has 0 spiro atoms. The van der Waals surface area contributed by atoms with E-state index in [1.54, 1.807) is 0 Å². The zero-order chi connectivity index (χ0) is 19.9. The Morgan fingerprint density at radius 2 is 1.79 bits per heavy atom. The van der Waals surface area contributed by atoms with Crippen LogP contribution in [0.15, 0.2) is 42.7 Å². The molecule has 1 N–H and O–H groups in total. The van der Waals surface area contributed by atoms with Gasteiger partial charge in [-0.05, 0) is 49.7 Å². The Balaban J connectivity index is 1.54. The smallest absolute Gasteiger partial charge is 0.246 e. The van der Waals surface area contributed by atoms with Crippen LogP contribution in [0.3, 0.4) is 0 Å². The number of hydrogen-bond acceptors (Lipinski definition) is 5. The summed E-state index contributed by atoms with van der Waals surface area (Å²) in [7, 11) is 0. The molecule has 2 heterocycles. The molecule has 6 nitrogen and oxygen atoms in total. The highest BCUT2D eigenvalue weighted by Crippen LogP contribution is 2.35. The Hall–Kier alpha value is -3.47. The minimum absolute atomic E-state index is 0.249. The van der Waals surface area contributed by atoms with Crippen molar-refractivity contribution in [2.24, 2.45) is 5.41 Å². The first kappa shape index (κ1) is 17.9. The van der Waals surface area contributed by atoms with Crippen LogP contribution in [0.25, 0.3) is 5.69 Å². The Bertz CT molecular complexity index is 1060. The summed E-state index contributed by atoms with van der Waals surface area (Å²) in [6.45, 7) is 5.30.